The zero-order valence-electron chi connectivity index (χ0n) is 15.0. The summed E-state index contributed by atoms with van der Waals surface area (Å²) < 4.78 is 20.8. The summed E-state index contributed by atoms with van der Waals surface area (Å²) in [5.74, 6) is 0.894. The quantitative estimate of drug-likeness (QED) is 0.802. The van der Waals surface area contributed by atoms with Gasteiger partial charge >= 0.3 is 0 Å². The van der Waals surface area contributed by atoms with Crippen molar-refractivity contribution < 1.29 is 13.9 Å². The minimum absolute atomic E-state index is 0.0159. The summed E-state index contributed by atoms with van der Waals surface area (Å²) >= 11 is 5.82. The van der Waals surface area contributed by atoms with E-state index in [0.717, 1.165) is 38.0 Å². The number of ether oxygens (including phenoxy) is 1. The maximum Gasteiger partial charge on any atom is 0.274 e. The maximum atomic E-state index is 13.3. The zero-order chi connectivity index (χ0) is 18.8. The fourth-order valence-electron chi connectivity index (χ4n) is 5.10. The number of nitrogens with zero attached hydrogens (tertiary/aromatic N) is 2. The summed E-state index contributed by atoms with van der Waals surface area (Å²) in [5.41, 5.74) is 2.09. The highest BCUT2D eigenvalue weighted by atomic mass is 35.5. The van der Waals surface area contributed by atoms with Crippen LogP contribution in [-0.4, -0.2) is 27.7 Å². The van der Waals surface area contributed by atoms with Crippen LogP contribution in [0.1, 0.15) is 47.8 Å². The minimum Gasteiger partial charge on any atom is -0.370 e. The summed E-state index contributed by atoms with van der Waals surface area (Å²) in [5, 5.41) is 2.80. The third-order valence-corrected chi connectivity index (χ3v) is 6.70. The predicted octanol–water partition coefficient (Wildman–Crippen LogP) is 4.14. The molecular formula is C20H21ClFN3O2. The molecule has 1 N–H and O–H groups in total. The fourth-order valence-corrected chi connectivity index (χ4v) is 5.28. The first kappa shape index (κ1) is 17.2. The van der Waals surface area contributed by atoms with Gasteiger partial charge in [0, 0.05) is 18.7 Å². The van der Waals surface area contributed by atoms with E-state index in [4.69, 9.17) is 16.3 Å². The summed E-state index contributed by atoms with van der Waals surface area (Å²) in [7, 11) is 1.83. The largest absolute Gasteiger partial charge is 0.370 e. The third-order valence-electron chi connectivity index (χ3n) is 6.41. The van der Waals surface area contributed by atoms with Crippen LogP contribution in [0.25, 0.3) is 0 Å². The number of anilines is 1. The highest BCUT2D eigenvalue weighted by Crippen LogP contribution is 2.58. The molecule has 1 aromatic heterocycles. The highest BCUT2D eigenvalue weighted by Gasteiger charge is 2.57. The molecule has 3 aliphatic rings. The van der Waals surface area contributed by atoms with Gasteiger partial charge in [0.05, 0.1) is 29.3 Å². The molecule has 5 rings (SSSR count). The average Bonchev–Trinajstić information content (AvgIpc) is 2.92. The normalized spacial score (nSPS) is 31.3. The second kappa shape index (κ2) is 6.04. The topological polar surface area (TPSA) is 59.5 Å². The standard InChI is InChI=1S/C20H21ClFN3O2/c1-25-10-23-17(11-4-12-7-20(9-27-20)8-13(12)5-11)18(25)19(26)24-14-2-3-16(22)15(21)6-14/h2-3,6,10-13H,4-5,7-9H2,1H3,(H,24,26). The van der Waals surface area contributed by atoms with Crippen molar-refractivity contribution >= 4 is 23.2 Å². The molecule has 2 aliphatic carbocycles. The van der Waals surface area contributed by atoms with E-state index in [0.29, 0.717) is 29.1 Å². The molecule has 3 fully saturated rings. The van der Waals surface area contributed by atoms with Crippen molar-refractivity contribution in [2.45, 2.75) is 37.2 Å². The van der Waals surface area contributed by atoms with Gasteiger partial charge in [-0.1, -0.05) is 11.6 Å². The van der Waals surface area contributed by atoms with Crippen LogP contribution < -0.4 is 5.32 Å². The number of rotatable bonds is 3. The van der Waals surface area contributed by atoms with Crippen LogP contribution in [0, 0.1) is 17.7 Å². The first-order chi connectivity index (χ1) is 12.9. The molecule has 7 heteroatoms. The molecule has 2 heterocycles. The minimum atomic E-state index is -0.509. The second-order valence-corrected chi connectivity index (χ2v) is 8.65. The number of nitrogens with one attached hydrogen (secondary N) is 1. The van der Waals surface area contributed by atoms with Gasteiger partial charge < -0.3 is 14.6 Å². The molecule has 0 bridgehead atoms. The number of imidazole rings is 1. The molecule has 0 radical (unpaired) electrons. The Hall–Kier alpha value is -1.92. The van der Waals surface area contributed by atoms with Crippen LogP contribution >= 0.6 is 11.6 Å². The number of amides is 1. The summed E-state index contributed by atoms with van der Waals surface area (Å²) in [4.78, 5) is 17.5. The van der Waals surface area contributed by atoms with Gasteiger partial charge in [-0.2, -0.15) is 0 Å². The Balaban J connectivity index is 1.35. The summed E-state index contributed by atoms with van der Waals surface area (Å²) in [6.45, 7) is 0.919. The van der Waals surface area contributed by atoms with Crippen molar-refractivity contribution in [3.8, 4) is 0 Å². The molecule has 1 amide bonds. The van der Waals surface area contributed by atoms with Gasteiger partial charge in [0.25, 0.3) is 5.91 Å². The number of halogens is 2. The van der Waals surface area contributed by atoms with Crippen molar-refractivity contribution in [3.63, 3.8) is 0 Å². The highest BCUT2D eigenvalue weighted by molar-refractivity contribution is 6.31. The smallest absolute Gasteiger partial charge is 0.274 e. The molecule has 5 nitrogen and oxygen atoms in total. The van der Waals surface area contributed by atoms with Gasteiger partial charge in [-0.15, -0.1) is 0 Å². The van der Waals surface area contributed by atoms with Gasteiger partial charge in [0.1, 0.15) is 11.5 Å². The van der Waals surface area contributed by atoms with Crippen LogP contribution in [0.5, 0.6) is 0 Å². The van der Waals surface area contributed by atoms with Crippen molar-refractivity contribution in [2.75, 3.05) is 11.9 Å². The van der Waals surface area contributed by atoms with Gasteiger partial charge in [0.15, 0.2) is 0 Å². The van der Waals surface area contributed by atoms with Crippen LogP contribution in [0.4, 0.5) is 10.1 Å². The number of carbonyl (C=O) groups is 1. The lowest BCUT2D eigenvalue weighted by Gasteiger charge is -2.14. The number of fused-ring (bicyclic) bond motifs is 1. The number of hydrogen-bond acceptors (Lipinski definition) is 3. The molecule has 1 spiro atoms. The lowest BCUT2D eigenvalue weighted by Crippen LogP contribution is -2.19. The van der Waals surface area contributed by atoms with E-state index in [1.165, 1.54) is 18.2 Å². The number of aryl methyl sites for hydroxylation is 1. The van der Waals surface area contributed by atoms with Crippen LogP contribution in [0.15, 0.2) is 24.5 Å². The molecule has 2 aromatic rings. The van der Waals surface area contributed by atoms with E-state index >= 15 is 0 Å². The van der Waals surface area contributed by atoms with E-state index in [-0.39, 0.29) is 16.5 Å². The Morgan fingerprint density at radius 3 is 2.70 bits per heavy atom. The first-order valence-corrected chi connectivity index (χ1v) is 9.73. The summed E-state index contributed by atoms with van der Waals surface area (Å²) in [6.07, 6.45) is 6.12. The van der Waals surface area contributed by atoms with Crippen molar-refractivity contribution in [3.05, 3.63) is 46.8 Å². The van der Waals surface area contributed by atoms with E-state index in [9.17, 15) is 9.18 Å². The molecule has 1 aromatic carbocycles. The molecule has 2 unspecified atom stereocenters. The second-order valence-electron chi connectivity index (χ2n) is 8.24. The van der Waals surface area contributed by atoms with E-state index < -0.39 is 5.82 Å². The Morgan fingerprint density at radius 2 is 2.07 bits per heavy atom. The monoisotopic (exact) mass is 389 g/mol. The Bertz CT molecular complexity index is 908. The molecule has 1 saturated heterocycles. The Kier molecular flexibility index (Phi) is 3.85. The number of benzene rings is 1. The number of carbonyl (C=O) groups excluding carboxylic acids is 1. The van der Waals surface area contributed by atoms with E-state index in [1.807, 2.05) is 7.05 Å². The third kappa shape index (κ3) is 2.95. The SMILES string of the molecule is Cn1cnc(C2CC3CC4(CO4)CC3C2)c1C(=O)Nc1ccc(F)c(Cl)c1. The van der Waals surface area contributed by atoms with Crippen LogP contribution in [-0.2, 0) is 11.8 Å². The maximum absolute atomic E-state index is 13.3. The lowest BCUT2D eigenvalue weighted by atomic mass is 9.95. The van der Waals surface area contributed by atoms with Crippen LogP contribution in [0.3, 0.4) is 0 Å². The first-order valence-electron chi connectivity index (χ1n) is 9.36. The fraction of sp³-hybridized carbons (Fsp3) is 0.500. The van der Waals surface area contributed by atoms with Gasteiger partial charge in [0.2, 0.25) is 0 Å². The molecule has 2 saturated carbocycles. The number of aromatic nitrogens is 2. The molecule has 27 heavy (non-hydrogen) atoms. The van der Waals surface area contributed by atoms with E-state index in [2.05, 4.69) is 10.3 Å². The summed E-state index contributed by atoms with van der Waals surface area (Å²) in [6, 6.07) is 4.17. The number of hydrogen-bond donors (Lipinski definition) is 1. The zero-order valence-corrected chi connectivity index (χ0v) is 15.8. The van der Waals surface area contributed by atoms with Crippen LogP contribution in [0.2, 0.25) is 5.02 Å². The molecule has 1 aliphatic heterocycles. The van der Waals surface area contributed by atoms with Gasteiger partial charge in [-0.05, 0) is 55.7 Å². The predicted molar refractivity (Wildman–Crippen MR) is 99.4 cm³/mol. The Labute approximate surface area is 161 Å². The van der Waals surface area contributed by atoms with Crippen molar-refractivity contribution in [1.82, 2.24) is 9.55 Å². The number of epoxide rings is 1. The van der Waals surface area contributed by atoms with Gasteiger partial charge in [-0.25, -0.2) is 9.37 Å². The average molecular weight is 390 g/mol. The van der Waals surface area contributed by atoms with E-state index in [1.54, 1.807) is 10.9 Å². The van der Waals surface area contributed by atoms with Gasteiger partial charge in [-0.3, -0.25) is 4.79 Å². The Morgan fingerprint density at radius 1 is 1.37 bits per heavy atom. The molecule has 2 atom stereocenters. The van der Waals surface area contributed by atoms with Crippen molar-refractivity contribution in [2.24, 2.45) is 18.9 Å². The molecule has 142 valence electrons. The van der Waals surface area contributed by atoms with Crippen molar-refractivity contribution in [1.29, 1.82) is 0 Å². The molecular weight excluding hydrogens is 369 g/mol. The lowest BCUT2D eigenvalue weighted by molar-refractivity contribution is 0.101.